The molecular formula is C14H17N3O3. The van der Waals surface area contributed by atoms with Gasteiger partial charge in [-0.3, -0.25) is 4.79 Å². The maximum absolute atomic E-state index is 12.1. The quantitative estimate of drug-likeness (QED) is 0.886. The number of nitrogens with zero attached hydrogens (tertiary/aromatic N) is 1. The van der Waals surface area contributed by atoms with E-state index >= 15 is 0 Å². The van der Waals surface area contributed by atoms with Crippen LogP contribution in [-0.4, -0.2) is 36.7 Å². The van der Waals surface area contributed by atoms with Gasteiger partial charge in [-0.2, -0.15) is 0 Å². The largest absolute Gasteiger partial charge is 0.441 e. The summed E-state index contributed by atoms with van der Waals surface area (Å²) in [5, 5.41) is 6.04. The van der Waals surface area contributed by atoms with Crippen molar-refractivity contribution in [1.82, 2.24) is 10.3 Å². The summed E-state index contributed by atoms with van der Waals surface area (Å²) in [4.78, 5) is 16.4. The molecule has 0 bridgehead atoms. The van der Waals surface area contributed by atoms with Crippen molar-refractivity contribution < 1.29 is 13.9 Å². The molecule has 0 spiro atoms. The number of aryl methyl sites for hydroxylation is 1. The Morgan fingerprint density at radius 1 is 1.55 bits per heavy atom. The summed E-state index contributed by atoms with van der Waals surface area (Å²) < 4.78 is 10.6. The van der Waals surface area contributed by atoms with E-state index in [2.05, 4.69) is 15.6 Å². The van der Waals surface area contributed by atoms with E-state index in [1.165, 1.54) is 0 Å². The van der Waals surface area contributed by atoms with E-state index in [4.69, 9.17) is 9.15 Å². The average Bonchev–Trinajstić information content (AvgIpc) is 3.03. The van der Waals surface area contributed by atoms with E-state index in [-0.39, 0.29) is 18.1 Å². The number of methoxy groups -OCH3 is 1. The third kappa shape index (κ3) is 2.52. The van der Waals surface area contributed by atoms with Crippen LogP contribution in [0.2, 0.25) is 0 Å². The fourth-order valence-electron chi connectivity index (χ4n) is 2.43. The molecule has 2 N–H and O–H groups in total. The van der Waals surface area contributed by atoms with Gasteiger partial charge in [0.1, 0.15) is 5.52 Å². The number of carbonyl (C=O) groups is 1. The van der Waals surface area contributed by atoms with Crippen molar-refractivity contribution in [3.05, 3.63) is 24.1 Å². The lowest BCUT2D eigenvalue weighted by molar-refractivity contribution is -0.118. The summed E-state index contributed by atoms with van der Waals surface area (Å²) >= 11 is 0. The predicted octanol–water partition coefficient (Wildman–Crippen LogP) is 1.45. The minimum Gasteiger partial charge on any atom is -0.441 e. The highest BCUT2D eigenvalue weighted by Gasteiger charge is 2.29. The molecular weight excluding hydrogens is 258 g/mol. The molecule has 2 heterocycles. The highest BCUT2D eigenvalue weighted by atomic mass is 16.5. The number of nitrogens with one attached hydrogen (secondary N) is 2. The van der Waals surface area contributed by atoms with Crippen molar-refractivity contribution in [2.75, 3.05) is 19.0 Å². The molecule has 1 aliphatic rings. The molecule has 0 aliphatic carbocycles. The minimum atomic E-state index is -0.213. The third-order valence-corrected chi connectivity index (χ3v) is 3.50. The number of hydrogen-bond donors (Lipinski definition) is 2. The summed E-state index contributed by atoms with van der Waals surface area (Å²) in [5.41, 5.74) is 2.19. The third-order valence-electron chi connectivity index (χ3n) is 3.50. The Kier molecular flexibility index (Phi) is 3.42. The first kappa shape index (κ1) is 13.1. The second-order valence-corrected chi connectivity index (χ2v) is 4.96. The van der Waals surface area contributed by atoms with Crippen molar-refractivity contribution in [1.29, 1.82) is 0 Å². The number of rotatable bonds is 3. The number of ether oxygens (including phenoxy) is 1. The smallest absolute Gasteiger partial charge is 0.241 e. The summed E-state index contributed by atoms with van der Waals surface area (Å²) in [6.07, 6.45) is 0.791. The van der Waals surface area contributed by atoms with Crippen LogP contribution >= 0.6 is 0 Å². The van der Waals surface area contributed by atoms with Gasteiger partial charge in [0.15, 0.2) is 11.5 Å². The molecule has 2 atom stereocenters. The first-order valence-electron chi connectivity index (χ1n) is 6.60. The van der Waals surface area contributed by atoms with Gasteiger partial charge in [0.2, 0.25) is 5.91 Å². The first-order chi connectivity index (χ1) is 9.65. The number of carbonyl (C=O) groups excluding carboxylic acids is 1. The molecule has 6 nitrogen and oxygen atoms in total. The molecule has 1 amide bonds. The van der Waals surface area contributed by atoms with Crippen LogP contribution in [0.3, 0.4) is 0 Å². The van der Waals surface area contributed by atoms with Gasteiger partial charge in [-0.15, -0.1) is 0 Å². The number of fused-ring (bicyclic) bond motifs is 1. The maximum Gasteiger partial charge on any atom is 0.241 e. The summed E-state index contributed by atoms with van der Waals surface area (Å²) in [7, 11) is 1.66. The molecule has 1 aliphatic heterocycles. The van der Waals surface area contributed by atoms with E-state index in [9.17, 15) is 4.79 Å². The molecule has 6 heteroatoms. The zero-order valence-corrected chi connectivity index (χ0v) is 11.5. The fraction of sp³-hybridized carbons (Fsp3) is 0.429. The van der Waals surface area contributed by atoms with Crippen molar-refractivity contribution >= 4 is 22.7 Å². The van der Waals surface area contributed by atoms with E-state index in [0.29, 0.717) is 18.9 Å². The van der Waals surface area contributed by atoms with Crippen LogP contribution in [-0.2, 0) is 9.53 Å². The van der Waals surface area contributed by atoms with E-state index < -0.39 is 0 Å². The molecule has 20 heavy (non-hydrogen) atoms. The second kappa shape index (κ2) is 5.22. The topological polar surface area (TPSA) is 76.4 Å². The predicted molar refractivity (Wildman–Crippen MR) is 74.6 cm³/mol. The molecule has 106 valence electrons. The van der Waals surface area contributed by atoms with Crippen molar-refractivity contribution in [2.45, 2.75) is 25.5 Å². The van der Waals surface area contributed by atoms with Crippen LogP contribution in [0, 0.1) is 6.92 Å². The van der Waals surface area contributed by atoms with E-state index in [1.807, 2.05) is 18.2 Å². The van der Waals surface area contributed by atoms with Crippen LogP contribution in [0.1, 0.15) is 12.3 Å². The van der Waals surface area contributed by atoms with Crippen LogP contribution in [0.15, 0.2) is 22.6 Å². The standard InChI is InChI=1S/C14H17N3O3/c1-8-16-11-5-9(3-4-13(11)20-8)17-14(18)12-6-10(19-2)7-15-12/h3-5,10,12,15H,6-7H2,1-2H3,(H,17,18). The van der Waals surface area contributed by atoms with Gasteiger partial charge in [-0.25, -0.2) is 4.98 Å². The van der Waals surface area contributed by atoms with Crippen LogP contribution in [0.25, 0.3) is 11.1 Å². The molecule has 2 unspecified atom stereocenters. The summed E-state index contributed by atoms with van der Waals surface area (Å²) in [6, 6.07) is 5.22. The Balaban J connectivity index is 1.71. The lowest BCUT2D eigenvalue weighted by Crippen LogP contribution is -2.35. The number of anilines is 1. The molecule has 1 aromatic heterocycles. The van der Waals surface area contributed by atoms with Gasteiger partial charge in [-0.05, 0) is 24.6 Å². The first-order valence-corrected chi connectivity index (χ1v) is 6.60. The maximum atomic E-state index is 12.1. The Bertz CT molecular complexity index is 638. The second-order valence-electron chi connectivity index (χ2n) is 4.96. The average molecular weight is 275 g/mol. The van der Waals surface area contributed by atoms with Gasteiger partial charge in [0.05, 0.1) is 12.1 Å². The molecule has 0 radical (unpaired) electrons. The van der Waals surface area contributed by atoms with Crippen LogP contribution in [0.4, 0.5) is 5.69 Å². The number of hydrogen-bond acceptors (Lipinski definition) is 5. The van der Waals surface area contributed by atoms with Gasteiger partial charge in [0.25, 0.3) is 0 Å². The monoisotopic (exact) mass is 275 g/mol. The van der Waals surface area contributed by atoms with E-state index in [1.54, 1.807) is 14.0 Å². The Labute approximate surface area is 116 Å². The number of oxazole rings is 1. The van der Waals surface area contributed by atoms with Gasteiger partial charge >= 0.3 is 0 Å². The normalized spacial score (nSPS) is 22.3. The van der Waals surface area contributed by atoms with Gasteiger partial charge in [0, 0.05) is 26.3 Å². The Morgan fingerprint density at radius 2 is 2.40 bits per heavy atom. The van der Waals surface area contributed by atoms with Gasteiger partial charge < -0.3 is 19.8 Å². The van der Waals surface area contributed by atoms with Crippen molar-refractivity contribution in [3.63, 3.8) is 0 Å². The number of amides is 1. The van der Waals surface area contributed by atoms with Crippen molar-refractivity contribution in [2.24, 2.45) is 0 Å². The molecule has 1 saturated heterocycles. The lowest BCUT2D eigenvalue weighted by Gasteiger charge is -2.11. The van der Waals surface area contributed by atoms with E-state index in [0.717, 1.165) is 16.8 Å². The van der Waals surface area contributed by atoms with Crippen LogP contribution in [0.5, 0.6) is 0 Å². The molecule has 0 saturated carbocycles. The SMILES string of the molecule is COC1CNC(C(=O)Nc2ccc3oc(C)nc3c2)C1. The molecule has 1 aromatic carbocycles. The molecule has 2 aromatic rings. The number of aromatic nitrogens is 1. The lowest BCUT2D eigenvalue weighted by atomic mass is 10.2. The van der Waals surface area contributed by atoms with Crippen LogP contribution < -0.4 is 10.6 Å². The summed E-state index contributed by atoms with van der Waals surface area (Å²) in [6.45, 7) is 2.50. The molecule has 3 rings (SSSR count). The molecule has 1 fully saturated rings. The highest BCUT2D eigenvalue weighted by Crippen LogP contribution is 2.20. The van der Waals surface area contributed by atoms with Gasteiger partial charge in [-0.1, -0.05) is 0 Å². The number of benzene rings is 1. The Morgan fingerprint density at radius 3 is 3.15 bits per heavy atom. The van der Waals surface area contributed by atoms with Crippen molar-refractivity contribution in [3.8, 4) is 0 Å². The zero-order chi connectivity index (χ0) is 14.1. The Hall–Kier alpha value is -1.92. The zero-order valence-electron chi connectivity index (χ0n) is 11.5. The minimum absolute atomic E-state index is 0.0517. The highest BCUT2D eigenvalue weighted by molar-refractivity contribution is 5.96. The summed E-state index contributed by atoms with van der Waals surface area (Å²) in [5.74, 6) is 0.563. The fourth-order valence-corrected chi connectivity index (χ4v) is 2.43.